The van der Waals surface area contributed by atoms with E-state index < -0.39 is 10.8 Å². The first kappa shape index (κ1) is 12.5. The lowest BCUT2D eigenvalue weighted by Gasteiger charge is -2.27. The van der Waals surface area contributed by atoms with Gasteiger partial charge in [0.1, 0.15) is 0 Å². The van der Waals surface area contributed by atoms with Crippen molar-refractivity contribution in [3.05, 3.63) is 23.8 Å². The highest BCUT2D eigenvalue weighted by molar-refractivity contribution is 7.85. The number of rotatable bonds is 1. The topological polar surface area (TPSA) is 61.4 Å². The lowest BCUT2D eigenvalue weighted by molar-refractivity contribution is 0.0771. The van der Waals surface area contributed by atoms with E-state index in [0.29, 0.717) is 30.2 Å². The number of anilines is 2. The standard InChI is InChI=1S/C13H17N3O2S/c17-13(16-5-7-19(18)8-6-16)10-1-2-11-12(9-10)15-4-3-14-11/h1-2,9,14-15H,3-8H2. The van der Waals surface area contributed by atoms with Crippen LogP contribution in [0.1, 0.15) is 10.4 Å². The molecule has 2 aliphatic heterocycles. The van der Waals surface area contributed by atoms with E-state index in [4.69, 9.17) is 0 Å². The van der Waals surface area contributed by atoms with Gasteiger partial charge in [0.15, 0.2) is 0 Å². The molecule has 0 unspecified atom stereocenters. The Hall–Kier alpha value is -1.56. The van der Waals surface area contributed by atoms with Crippen molar-refractivity contribution in [1.29, 1.82) is 0 Å². The smallest absolute Gasteiger partial charge is 0.253 e. The van der Waals surface area contributed by atoms with Crippen LogP contribution in [-0.2, 0) is 10.8 Å². The molecule has 0 aromatic heterocycles. The van der Waals surface area contributed by atoms with Crippen molar-refractivity contribution in [3.8, 4) is 0 Å². The molecule has 0 atom stereocenters. The molecule has 19 heavy (non-hydrogen) atoms. The Morgan fingerprint density at radius 3 is 2.53 bits per heavy atom. The van der Waals surface area contributed by atoms with Gasteiger partial charge in [-0.05, 0) is 18.2 Å². The highest BCUT2D eigenvalue weighted by Crippen LogP contribution is 2.26. The van der Waals surface area contributed by atoms with Crippen molar-refractivity contribution in [3.63, 3.8) is 0 Å². The molecule has 1 saturated heterocycles. The Morgan fingerprint density at radius 1 is 1.11 bits per heavy atom. The number of hydrogen-bond donors (Lipinski definition) is 2. The molecule has 0 aliphatic carbocycles. The van der Waals surface area contributed by atoms with Gasteiger partial charge in [-0.3, -0.25) is 9.00 Å². The van der Waals surface area contributed by atoms with E-state index in [9.17, 15) is 9.00 Å². The second-order valence-electron chi connectivity index (χ2n) is 4.75. The zero-order valence-corrected chi connectivity index (χ0v) is 11.5. The van der Waals surface area contributed by atoms with E-state index in [-0.39, 0.29) is 5.91 Å². The normalized spacial score (nSPS) is 19.3. The average molecular weight is 279 g/mol. The molecule has 5 nitrogen and oxygen atoms in total. The third-order valence-electron chi connectivity index (χ3n) is 3.49. The van der Waals surface area contributed by atoms with Gasteiger partial charge in [0, 0.05) is 54.0 Å². The lowest BCUT2D eigenvalue weighted by atomic mass is 10.1. The van der Waals surface area contributed by atoms with Gasteiger partial charge in [-0.25, -0.2) is 0 Å². The molecular formula is C13H17N3O2S. The third kappa shape index (κ3) is 2.58. The second kappa shape index (κ2) is 5.21. The van der Waals surface area contributed by atoms with Crippen molar-refractivity contribution >= 4 is 28.1 Å². The van der Waals surface area contributed by atoms with Crippen molar-refractivity contribution in [2.75, 3.05) is 48.3 Å². The largest absolute Gasteiger partial charge is 0.382 e. The fourth-order valence-electron chi connectivity index (χ4n) is 2.40. The van der Waals surface area contributed by atoms with E-state index in [0.717, 1.165) is 24.5 Å². The summed E-state index contributed by atoms with van der Waals surface area (Å²) in [7, 11) is -0.752. The second-order valence-corrected chi connectivity index (χ2v) is 6.45. The maximum Gasteiger partial charge on any atom is 0.253 e. The molecule has 1 aromatic carbocycles. The van der Waals surface area contributed by atoms with Crippen molar-refractivity contribution in [2.45, 2.75) is 0 Å². The maximum atomic E-state index is 12.4. The van der Waals surface area contributed by atoms with Crippen LogP contribution in [0.5, 0.6) is 0 Å². The molecule has 2 N–H and O–H groups in total. The summed E-state index contributed by atoms with van der Waals surface area (Å²) in [6, 6.07) is 5.69. The van der Waals surface area contributed by atoms with Crippen LogP contribution < -0.4 is 10.6 Å². The monoisotopic (exact) mass is 279 g/mol. The predicted molar refractivity (Wildman–Crippen MR) is 77.2 cm³/mol. The first-order chi connectivity index (χ1) is 9.24. The molecule has 2 heterocycles. The summed E-state index contributed by atoms with van der Waals surface area (Å²) in [6.45, 7) is 2.95. The third-order valence-corrected chi connectivity index (χ3v) is 4.76. The van der Waals surface area contributed by atoms with Crippen LogP contribution in [0.2, 0.25) is 0 Å². The predicted octanol–water partition coefficient (Wildman–Crippen LogP) is 0.728. The number of carbonyl (C=O) groups excluding carboxylic acids is 1. The van der Waals surface area contributed by atoms with Crippen molar-refractivity contribution < 1.29 is 9.00 Å². The minimum atomic E-state index is -0.752. The summed E-state index contributed by atoms with van der Waals surface area (Å²) >= 11 is 0. The summed E-state index contributed by atoms with van der Waals surface area (Å²) in [4.78, 5) is 14.2. The summed E-state index contributed by atoms with van der Waals surface area (Å²) in [5.74, 6) is 1.22. The highest BCUT2D eigenvalue weighted by Gasteiger charge is 2.22. The van der Waals surface area contributed by atoms with Crippen LogP contribution in [0.3, 0.4) is 0 Å². The summed E-state index contributed by atoms with van der Waals surface area (Å²) in [5.41, 5.74) is 2.72. The molecule has 102 valence electrons. The number of hydrogen-bond acceptors (Lipinski definition) is 4. The average Bonchev–Trinajstić information content (AvgIpc) is 2.47. The van der Waals surface area contributed by atoms with E-state index in [1.807, 2.05) is 18.2 Å². The minimum Gasteiger partial charge on any atom is -0.382 e. The van der Waals surface area contributed by atoms with Crippen LogP contribution in [0, 0.1) is 0 Å². The van der Waals surface area contributed by atoms with Crippen LogP contribution in [0.4, 0.5) is 11.4 Å². The number of amides is 1. The highest BCUT2D eigenvalue weighted by atomic mass is 32.2. The molecule has 0 bridgehead atoms. The van der Waals surface area contributed by atoms with Gasteiger partial charge >= 0.3 is 0 Å². The van der Waals surface area contributed by atoms with Gasteiger partial charge in [-0.15, -0.1) is 0 Å². The van der Waals surface area contributed by atoms with Gasteiger partial charge in [0.2, 0.25) is 0 Å². The van der Waals surface area contributed by atoms with Gasteiger partial charge in [-0.1, -0.05) is 0 Å². The van der Waals surface area contributed by atoms with Crippen LogP contribution in [-0.4, -0.2) is 52.7 Å². The van der Waals surface area contributed by atoms with Gasteiger partial charge in [-0.2, -0.15) is 0 Å². The molecule has 0 saturated carbocycles. The zero-order valence-electron chi connectivity index (χ0n) is 10.6. The SMILES string of the molecule is O=C(c1ccc2c(c1)NCCN2)N1CCS(=O)CC1. The van der Waals surface area contributed by atoms with E-state index >= 15 is 0 Å². The Balaban J connectivity index is 1.78. The molecule has 1 amide bonds. The van der Waals surface area contributed by atoms with Gasteiger partial charge in [0.25, 0.3) is 5.91 Å². The molecular weight excluding hydrogens is 262 g/mol. The number of nitrogens with one attached hydrogen (secondary N) is 2. The van der Waals surface area contributed by atoms with Crippen LogP contribution in [0.25, 0.3) is 0 Å². The number of carbonyl (C=O) groups is 1. The van der Waals surface area contributed by atoms with E-state index in [1.54, 1.807) is 4.90 Å². The number of fused-ring (bicyclic) bond motifs is 1. The molecule has 2 aliphatic rings. The zero-order chi connectivity index (χ0) is 13.2. The minimum absolute atomic E-state index is 0.0341. The Morgan fingerprint density at radius 2 is 1.79 bits per heavy atom. The number of nitrogens with zero attached hydrogens (tertiary/aromatic N) is 1. The van der Waals surface area contributed by atoms with Crippen molar-refractivity contribution in [1.82, 2.24) is 4.90 Å². The van der Waals surface area contributed by atoms with Crippen LogP contribution in [0.15, 0.2) is 18.2 Å². The van der Waals surface area contributed by atoms with E-state index in [1.165, 1.54) is 0 Å². The first-order valence-electron chi connectivity index (χ1n) is 6.50. The number of benzene rings is 1. The summed E-state index contributed by atoms with van der Waals surface area (Å²) < 4.78 is 11.3. The quantitative estimate of drug-likeness (QED) is 0.795. The molecule has 6 heteroatoms. The molecule has 0 radical (unpaired) electrons. The molecule has 1 aromatic rings. The summed E-state index contributed by atoms with van der Waals surface area (Å²) in [6.07, 6.45) is 0. The van der Waals surface area contributed by atoms with E-state index in [2.05, 4.69) is 10.6 Å². The van der Waals surface area contributed by atoms with Crippen molar-refractivity contribution in [2.24, 2.45) is 0 Å². The lowest BCUT2D eigenvalue weighted by Crippen LogP contribution is -2.41. The fraction of sp³-hybridized carbons (Fsp3) is 0.462. The molecule has 0 spiro atoms. The van der Waals surface area contributed by atoms with Gasteiger partial charge < -0.3 is 15.5 Å². The fourth-order valence-corrected chi connectivity index (χ4v) is 3.45. The van der Waals surface area contributed by atoms with Crippen LogP contribution >= 0.6 is 0 Å². The van der Waals surface area contributed by atoms with Gasteiger partial charge in [0.05, 0.1) is 11.4 Å². The maximum absolute atomic E-state index is 12.4. The Bertz CT molecular complexity index is 523. The first-order valence-corrected chi connectivity index (χ1v) is 7.99. The molecule has 3 rings (SSSR count). The Labute approximate surface area is 114 Å². The summed E-state index contributed by atoms with van der Waals surface area (Å²) in [5, 5.41) is 6.57. The molecule has 1 fully saturated rings. The Kier molecular flexibility index (Phi) is 3.42.